The van der Waals surface area contributed by atoms with Gasteiger partial charge in [-0.1, -0.05) is 23.2 Å². The molecule has 0 saturated carbocycles. The molecule has 1 saturated heterocycles. The Morgan fingerprint density at radius 3 is 2.88 bits per heavy atom. The molecule has 0 unspecified atom stereocenters. The fourth-order valence-corrected chi connectivity index (χ4v) is 2.02. The van der Waals surface area contributed by atoms with E-state index in [-0.39, 0.29) is 12.0 Å². The highest BCUT2D eigenvalue weighted by atomic mass is 35.5. The SMILES string of the molecule is C[C@H]1CC[C@H](C(=O)Nc2cncc(Cl)c2Cl)O1. The summed E-state index contributed by atoms with van der Waals surface area (Å²) >= 11 is 11.7. The standard InChI is InChI=1S/C11H12Cl2N2O2/c1-6-2-3-9(17-6)11(16)15-8-5-14-4-7(12)10(8)13/h4-6,9H,2-3H2,1H3,(H,15,16)/t6-,9+/m0/s1. The molecule has 0 spiro atoms. The van der Waals surface area contributed by atoms with Crippen molar-refractivity contribution in [1.29, 1.82) is 0 Å². The summed E-state index contributed by atoms with van der Waals surface area (Å²) in [5.74, 6) is -0.208. The second-order valence-corrected chi connectivity index (χ2v) is 4.77. The molecule has 0 aliphatic carbocycles. The smallest absolute Gasteiger partial charge is 0.253 e. The number of pyridine rings is 1. The predicted molar refractivity (Wildman–Crippen MR) is 66.5 cm³/mol. The van der Waals surface area contributed by atoms with E-state index in [4.69, 9.17) is 27.9 Å². The Balaban J connectivity index is 2.06. The van der Waals surface area contributed by atoms with Gasteiger partial charge in [0.15, 0.2) is 0 Å². The highest BCUT2D eigenvalue weighted by Crippen LogP contribution is 2.29. The molecule has 2 rings (SSSR count). The molecule has 1 aromatic rings. The van der Waals surface area contributed by atoms with Crippen molar-refractivity contribution in [2.24, 2.45) is 0 Å². The van der Waals surface area contributed by atoms with E-state index >= 15 is 0 Å². The van der Waals surface area contributed by atoms with Gasteiger partial charge in [0.1, 0.15) is 6.10 Å². The van der Waals surface area contributed by atoms with E-state index < -0.39 is 6.10 Å². The highest BCUT2D eigenvalue weighted by molar-refractivity contribution is 6.43. The third-order valence-electron chi connectivity index (χ3n) is 2.62. The average molecular weight is 275 g/mol. The average Bonchev–Trinajstić information content (AvgIpc) is 2.72. The first-order valence-corrected chi connectivity index (χ1v) is 6.09. The lowest BCUT2D eigenvalue weighted by atomic mass is 10.2. The van der Waals surface area contributed by atoms with E-state index in [2.05, 4.69) is 10.3 Å². The van der Waals surface area contributed by atoms with Gasteiger partial charge < -0.3 is 10.1 Å². The Kier molecular flexibility index (Phi) is 3.86. The summed E-state index contributed by atoms with van der Waals surface area (Å²) in [6.07, 6.45) is 4.20. The quantitative estimate of drug-likeness (QED) is 0.902. The lowest BCUT2D eigenvalue weighted by Crippen LogP contribution is -2.27. The lowest BCUT2D eigenvalue weighted by molar-refractivity contribution is -0.126. The Hall–Kier alpha value is -0.840. The number of nitrogens with zero attached hydrogens (tertiary/aromatic N) is 1. The normalized spacial score (nSPS) is 23.7. The summed E-state index contributed by atoms with van der Waals surface area (Å²) < 4.78 is 5.46. The van der Waals surface area contributed by atoms with Crippen molar-refractivity contribution in [3.63, 3.8) is 0 Å². The molecule has 17 heavy (non-hydrogen) atoms. The summed E-state index contributed by atoms with van der Waals surface area (Å²) in [4.78, 5) is 15.7. The van der Waals surface area contributed by atoms with Gasteiger partial charge >= 0.3 is 0 Å². The van der Waals surface area contributed by atoms with Crippen LogP contribution in [0.5, 0.6) is 0 Å². The van der Waals surface area contributed by atoms with E-state index in [0.29, 0.717) is 15.7 Å². The topological polar surface area (TPSA) is 51.2 Å². The van der Waals surface area contributed by atoms with Crippen LogP contribution in [0.1, 0.15) is 19.8 Å². The van der Waals surface area contributed by atoms with E-state index in [1.165, 1.54) is 12.4 Å². The van der Waals surface area contributed by atoms with Crippen LogP contribution in [0, 0.1) is 0 Å². The summed E-state index contributed by atoms with van der Waals surface area (Å²) in [6.45, 7) is 1.95. The zero-order valence-corrected chi connectivity index (χ0v) is 10.8. The Bertz CT molecular complexity index is 439. The molecule has 1 N–H and O–H groups in total. The number of halogens is 2. The number of rotatable bonds is 2. The molecule has 1 amide bonds. The van der Waals surface area contributed by atoms with E-state index in [9.17, 15) is 4.79 Å². The molecule has 2 heterocycles. The molecule has 6 heteroatoms. The van der Waals surface area contributed by atoms with Crippen LogP contribution in [0.4, 0.5) is 5.69 Å². The third kappa shape index (κ3) is 2.89. The minimum Gasteiger partial charge on any atom is -0.365 e. The maximum absolute atomic E-state index is 11.9. The molecule has 1 aliphatic rings. The minimum absolute atomic E-state index is 0.124. The second kappa shape index (κ2) is 5.21. The Labute approximate surface area is 109 Å². The van der Waals surface area contributed by atoms with Crippen molar-refractivity contribution < 1.29 is 9.53 Å². The minimum atomic E-state index is -0.417. The first-order valence-electron chi connectivity index (χ1n) is 5.33. The monoisotopic (exact) mass is 274 g/mol. The number of hydrogen-bond donors (Lipinski definition) is 1. The summed E-state index contributed by atoms with van der Waals surface area (Å²) in [7, 11) is 0. The molecule has 1 fully saturated rings. The number of aromatic nitrogens is 1. The summed E-state index contributed by atoms with van der Waals surface area (Å²) in [5.41, 5.74) is 0.410. The second-order valence-electron chi connectivity index (χ2n) is 3.98. The summed E-state index contributed by atoms with van der Waals surface area (Å²) in [6, 6.07) is 0. The van der Waals surface area contributed by atoms with E-state index in [0.717, 1.165) is 12.8 Å². The van der Waals surface area contributed by atoms with Crippen LogP contribution in [0.2, 0.25) is 10.0 Å². The maximum atomic E-state index is 11.9. The number of anilines is 1. The fraction of sp³-hybridized carbons (Fsp3) is 0.455. The van der Waals surface area contributed by atoms with Gasteiger partial charge in [-0.3, -0.25) is 9.78 Å². The van der Waals surface area contributed by atoms with Gasteiger partial charge in [0, 0.05) is 6.20 Å². The van der Waals surface area contributed by atoms with Crippen LogP contribution in [0.3, 0.4) is 0 Å². The maximum Gasteiger partial charge on any atom is 0.253 e. The molecule has 0 bridgehead atoms. The number of hydrogen-bond acceptors (Lipinski definition) is 3. The Morgan fingerprint density at radius 1 is 1.47 bits per heavy atom. The van der Waals surface area contributed by atoms with Gasteiger partial charge in [0.2, 0.25) is 0 Å². The zero-order chi connectivity index (χ0) is 12.4. The number of ether oxygens (including phenoxy) is 1. The molecular weight excluding hydrogens is 263 g/mol. The third-order valence-corrected chi connectivity index (χ3v) is 3.41. The van der Waals surface area contributed by atoms with Crippen molar-refractivity contribution in [2.45, 2.75) is 32.0 Å². The van der Waals surface area contributed by atoms with Crippen molar-refractivity contribution in [2.75, 3.05) is 5.32 Å². The largest absolute Gasteiger partial charge is 0.365 e. The number of nitrogens with one attached hydrogen (secondary N) is 1. The van der Waals surface area contributed by atoms with E-state index in [1.54, 1.807) is 0 Å². The molecule has 2 atom stereocenters. The van der Waals surface area contributed by atoms with Crippen molar-refractivity contribution in [3.05, 3.63) is 22.4 Å². The number of carbonyl (C=O) groups is 1. The molecule has 0 radical (unpaired) electrons. The molecule has 1 aliphatic heterocycles. The van der Waals surface area contributed by atoms with Crippen LogP contribution in [-0.2, 0) is 9.53 Å². The molecule has 0 aromatic carbocycles. The number of carbonyl (C=O) groups excluding carboxylic acids is 1. The van der Waals surface area contributed by atoms with Crippen LogP contribution < -0.4 is 5.32 Å². The van der Waals surface area contributed by atoms with Crippen LogP contribution in [0.15, 0.2) is 12.4 Å². The van der Waals surface area contributed by atoms with Gasteiger partial charge in [-0.2, -0.15) is 0 Å². The van der Waals surface area contributed by atoms with Crippen LogP contribution in [-0.4, -0.2) is 23.1 Å². The first-order chi connectivity index (χ1) is 8.08. The van der Waals surface area contributed by atoms with Gasteiger partial charge in [0.25, 0.3) is 5.91 Å². The van der Waals surface area contributed by atoms with Gasteiger partial charge in [-0.05, 0) is 19.8 Å². The predicted octanol–water partition coefficient (Wildman–Crippen LogP) is 2.89. The molecular formula is C11H12Cl2N2O2. The van der Waals surface area contributed by atoms with Crippen molar-refractivity contribution in [1.82, 2.24) is 4.98 Å². The van der Waals surface area contributed by atoms with Crippen LogP contribution >= 0.6 is 23.2 Å². The molecule has 92 valence electrons. The van der Waals surface area contributed by atoms with Gasteiger partial charge in [0.05, 0.1) is 28.0 Å². The lowest BCUT2D eigenvalue weighted by Gasteiger charge is -2.12. The van der Waals surface area contributed by atoms with Crippen LogP contribution in [0.25, 0.3) is 0 Å². The summed E-state index contributed by atoms with van der Waals surface area (Å²) in [5, 5.41) is 3.27. The highest BCUT2D eigenvalue weighted by Gasteiger charge is 2.28. The zero-order valence-electron chi connectivity index (χ0n) is 9.24. The Morgan fingerprint density at radius 2 is 2.24 bits per heavy atom. The first kappa shape index (κ1) is 12.6. The van der Waals surface area contributed by atoms with Crippen molar-refractivity contribution in [3.8, 4) is 0 Å². The molecule has 4 nitrogen and oxygen atoms in total. The number of amides is 1. The fourth-order valence-electron chi connectivity index (χ4n) is 1.72. The molecule has 1 aromatic heterocycles. The van der Waals surface area contributed by atoms with E-state index in [1.807, 2.05) is 6.92 Å². The van der Waals surface area contributed by atoms with Gasteiger partial charge in [-0.25, -0.2) is 0 Å². The van der Waals surface area contributed by atoms with Crippen molar-refractivity contribution >= 4 is 34.8 Å². The van der Waals surface area contributed by atoms with Gasteiger partial charge in [-0.15, -0.1) is 0 Å².